The first-order chi connectivity index (χ1) is 9.63. The summed E-state index contributed by atoms with van der Waals surface area (Å²) in [6, 6.07) is 6.08. The molecule has 0 amide bonds. The van der Waals surface area contributed by atoms with Crippen molar-refractivity contribution in [1.29, 1.82) is 0 Å². The monoisotopic (exact) mass is 312 g/mol. The largest absolute Gasteiger partial charge is 0.314 e. The minimum absolute atomic E-state index is 0.425. The van der Waals surface area contributed by atoms with Crippen molar-refractivity contribution in [2.75, 3.05) is 6.54 Å². The molecule has 0 radical (unpaired) electrons. The van der Waals surface area contributed by atoms with Gasteiger partial charge in [-0.2, -0.15) is 5.10 Å². The fourth-order valence-electron chi connectivity index (χ4n) is 1.99. The van der Waals surface area contributed by atoms with Crippen molar-refractivity contribution >= 4 is 23.2 Å². The second-order valence-corrected chi connectivity index (χ2v) is 5.70. The molecule has 0 aliphatic heterocycles. The zero-order valence-electron chi connectivity index (χ0n) is 11.4. The molecular formula is C14H18Cl2N4. The molecule has 4 nitrogen and oxygen atoms in total. The summed E-state index contributed by atoms with van der Waals surface area (Å²) in [6.45, 7) is 3.94. The first kappa shape index (κ1) is 15.3. The highest BCUT2D eigenvalue weighted by molar-refractivity contribution is 6.34. The lowest BCUT2D eigenvalue weighted by Crippen LogP contribution is -2.29. The number of nitrogens with zero attached hydrogens (tertiary/aromatic N) is 3. The van der Waals surface area contributed by atoms with E-state index in [0.717, 1.165) is 31.5 Å². The number of hydrogen-bond donors (Lipinski definition) is 1. The summed E-state index contributed by atoms with van der Waals surface area (Å²) in [5.74, 6) is 0. The van der Waals surface area contributed by atoms with Crippen LogP contribution in [0.15, 0.2) is 30.9 Å². The van der Waals surface area contributed by atoms with Crippen molar-refractivity contribution in [1.82, 2.24) is 20.1 Å². The second kappa shape index (κ2) is 7.62. The van der Waals surface area contributed by atoms with Gasteiger partial charge in [-0.15, -0.1) is 0 Å². The Labute approximate surface area is 129 Å². The normalized spacial score (nSPS) is 12.6. The number of benzene rings is 1. The molecule has 0 aliphatic rings. The van der Waals surface area contributed by atoms with Crippen LogP contribution >= 0.6 is 23.2 Å². The number of hydrogen-bond acceptors (Lipinski definition) is 3. The predicted molar refractivity (Wildman–Crippen MR) is 82.3 cm³/mol. The molecule has 108 valence electrons. The van der Waals surface area contributed by atoms with Gasteiger partial charge in [0.05, 0.1) is 0 Å². The van der Waals surface area contributed by atoms with Gasteiger partial charge in [0.1, 0.15) is 12.7 Å². The van der Waals surface area contributed by atoms with Crippen LogP contribution in [0.1, 0.15) is 18.9 Å². The van der Waals surface area contributed by atoms with Crippen LogP contribution in [0.4, 0.5) is 0 Å². The third-order valence-electron chi connectivity index (χ3n) is 3.09. The molecule has 1 N–H and O–H groups in total. The highest BCUT2D eigenvalue weighted by atomic mass is 35.5. The number of aromatic nitrogens is 3. The smallest absolute Gasteiger partial charge is 0.137 e. The lowest BCUT2D eigenvalue weighted by atomic mass is 10.1. The molecule has 0 saturated heterocycles. The third-order valence-corrected chi connectivity index (χ3v) is 3.52. The molecule has 2 aromatic rings. The van der Waals surface area contributed by atoms with E-state index in [1.165, 1.54) is 0 Å². The van der Waals surface area contributed by atoms with Crippen molar-refractivity contribution in [3.05, 3.63) is 46.5 Å². The van der Waals surface area contributed by atoms with Crippen LogP contribution in [0.2, 0.25) is 10.0 Å². The summed E-state index contributed by atoms with van der Waals surface area (Å²) in [6.07, 6.45) is 5.22. The van der Waals surface area contributed by atoms with Crippen LogP contribution in [0.3, 0.4) is 0 Å². The van der Waals surface area contributed by atoms with E-state index in [4.69, 9.17) is 23.2 Å². The Morgan fingerprint density at radius 3 is 2.65 bits per heavy atom. The van der Waals surface area contributed by atoms with E-state index in [1.54, 1.807) is 18.7 Å². The summed E-state index contributed by atoms with van der Waals surface area (Å²) in [7, 11) is 0. The fourth-order valence-corrected chi connectivity index (χ4v) is 2.57. The van der Waals surface area contributed by atoms with Gasteiger partial charge in [0.15, 0.2) is 0 Å². The van der Waals surface area contributed by atoms with E-state index >= 15 is 0 Å². The minimum atomic E-state index is 0.425. The Hall–Kier alpha value is -1.10. The minimum Gasteiger partial charge on any atom is -0.314 e. The molecule has 0 saturated carbocycles. The number of rotatable bonds is 7. The van der Waals surface area contributed by atoms with Crippen molar-refractivity contribution in [2.24, 2.45) is 0 Å². The molecule has 0 spiro atoms. The van der Waals surface area contributed by atoms with Crippen LogP contribution in [-0.4, -0.2) is 27.4 Å². The van der Waals surface area contributed by atoms with Gasteiger partial charge >= 0.3 is 0 Å². The summed E-state index contributed by atoms with van der Waals surface area (Å²) in [4.78, 5) is 3.92. The van der Waals surface area contributed by atoms with Crippen molar-refractivity contribution in [2.45, 2.75) is 32.4 Å². The summed E-state index contributed by atoms with van der Waals surface area (Å²) in [5.41, 5.74) is 1.15. The quantitative estimate of drug-likeness (QED) is 0.853. The number of halogens is 2. The van der Waals surface area contributed by atoms with E-state index in [1.807, 2.05) is 16.8 Å². The van der Waals surface area contributed by atoms with E-state index in [2.05, 4.69) is 22.3 Å². The SMILES string of the molecule is C[C@@H](CCn1cncn1)NCCc1cc(Cl)cc(Cl)c1. The maximum Gasteiger partial charge on any atom is 0.137 e. The first-order valence-corrected chi connectivity index (χ1v) is 7.40. The van der Waals surface area contributed by atoms with Crippen LogP contribution in [-0.2, 0) is 13.0 Å². The van der Waals surface area contributed by atoms with Gasteiger partial charge in [-0.25, -0.2) is 4.98 Å². The van der Waals surface area contributed by atoms with E-state index in [-0.39, 0.29) is 0 Å². The Morgan fingerprint density at radius 1 is 1.25 bits per heavy atom. The summed E-state index contributed by atoms with van der Waals surface area (Å²) >= 11 is 12.0. The molecule has 0 fully saturated rings. The van der Waals surface area contributed by atoms with Gasteiger partial charge in [-0.05, 0) is 50.1 Å². The van der Waals surface area contributed by atoms with Crippen LogP contribution < -0.4 is 5.32 Å². The van der Waals surface area contributed by atoms with Crippen LogP contribution in [0, 0.1) is 0 Å². The predicted octanol–water partition coefficient (Wildman–Crippen LogP) is 3.20. The molecule has 20 heavy (non-hydrogen) atoms. The Morgan fingerprint density at radius 2 is 2.00 bits per heavy atom. The van der Waals surface area contributed by atoms with Crippen LogP contribution in [0.5, 0.6) is 0 Å². The van der Waals surface area contributed by atoms with Gasteiger partial charge in [0.25, 0.3) is 0 Å². The summed E-state index contributed by atoms with van der Waals surface area (Å²) in [5, 5.41) is 8.94. The third kappa shape index (κ3) is 5.12. The highest BCUT2D eigenvalue weighted by Crippen LogP contribution is 2.19. The molecule has 2 rings (SSSR count). The number of aryl methyl sites for hydroxylation is 1. The standard InChI is InChI=1S/C14H18Cl2N4/c1-11(3-5-20-10-17-9-19-20)18-4-2-12-6-13(15)8-14(16)7-12/h6-11,18H,2-5H2,1H3/t11-/m0/s1. The number of nitrogens with one attached hydrogen (secondary N) is 1. The zero-order chi connectivity index (χ0) is 14.4. The first-order valence-electron chi connectivity index (χ1n) is 6.64. The van der Waals surface area contributed by atoms with E-state index in [0.29, 0.717) is 16.1 Å². The van der Waals surface area contributed by atoms with Gasteiger partial charge < -0.3 is 5.32 Å². The molecule has 0 unspecified atom stereocenters. The van der Waals surface area contributed by atoms with E-state index in [9.17, 15) is 0 Å². The van der Waals surface area contributed by atoms with Gasteiger partial charge in [-0.3, -0.25) is 4.68 Å². The van der Waals surface area contributed by atoms with Crippen LogP contribution in [0.25, 0.3) is 0 Å². The van der Waals surface area contributed by atoms with Gasteiger partial charge in [0.2, 0.25) is 0 Å². The fraction of sp³-hybridized carbons (Fsp3) is 0.429. The topological polar surface area (TPSA) is 42.7 Å². The molecule has 1 aromatic heterocycles. The zero-order valence-corrected chi connectivity index (χ0v) is 12.9. The molecule has 6 heteroatoms. The lowest BCUT2D eigenvalue weighted by molar-refractivity contribution is 0.460. The maximum atomic E-state index is 5.98. The molecule has 1 atom stereocenters. The Bertz CT molecular complexity index is 508. The molecular weight excluding hydrogens is 295 g/mol. The highest BCUT2D eigenvalue weighted by Gasteiger charge is 2.03. The molecule has 1 aromatic carbocycles. The van der Waals surface area contributed by atoms with Crippen molar-refractivity contribution in [3.63, 3.8) is 0 Å². The Kier molecular flexibility index (Phi) is 5.83. The maximum absolute atomic E-state index is 5.98. The molecule has 0 bridgehead atoms. The molecule has 0 aliphatic carbocycles. The average Bonchev–Trinajstić information content (AvgIpc) is 2.88. The van der Waals surface area contributed by atoms with Crippen molar-refractivity contribution < 1.29 is 0 Å². The summed E-state index contributed by atoms with van der Waals surface area (Å²) < 4.78 is 1.84. The Balaban J connectivity index is 1.69. The lowest BCUT2D eigenvalue weighted by Gasteiger charge is -2.13. The molecule has 1 heterocycles. The van der Waals surface area contributed by atoms with Crippen molar-refractivity contribution in [3.8, 4) is 0 Å². The second-order valence-electron chi connectivity index (χ2n) is 4.83. The van der Waals surface area contributed by atoms with E-state index < -0.39 is 0 Å². The average molecular weight is 313 g/mol. The van der Waals surface area contributed by atoms with Gasteiger partial charge in [0, 0.05) is 22.6 Å². The van der Waals surface area contributed by atoms with Gasteiger partial charge in [-0.1, -0.05) is 23.2 Å².